The van der Waals surface area contributed by atoms with Crippen LogP contribution in [0, 0.1) is 26.6 Å². The van der Waals surface area contributed by atoms with Crippen molar-refractivity contribution in [3.05, 3.63) is 70.4 Å². The first-order valence-corrected chi connectivity index (χ1v) is 10.4. The Morgan fingerprint density at radius 2 is 1.87 bits per heavy atom. The lowest BCUT2D eigenvalue weighted by molar-refractivity contribution is 0.0904. The Balaban J connectivity index is 1.38. The summed E-state index contributed by atoms with van der Waals surface area (Å²) >= 11 is 0. The molecule has 158 valence electrons. The smallest absolute Gasteiger partial charge is 0.229 e. The maximum absolute atomic E-state index is 13.2. The topological polar surface area (TPSA) is 64.2 Å². The van der Waals surface area contributed by atoms with E-state index in [1.54, 1.807) is 12.1 Å². The molecule has 7 heteroatoms. The minimum absolute atomic E-state index is 0.139. The van der Waals surface area contributed by atoms with Crippen LogP contribution >= 0.6 is 0 Å². The van der Waals surface area contributed by atoms with Crippen molar-refractivity contribution >= 4 is 5.78 Å². The SMILES string of the molecule is Cc1noc(C2CCN(CC(=O)c3cc(C)n(Cc4ccc(F)cc4)c3C)CC2)n1. The predicted octanol–water partition coefficient (Wildman–Crippen LogP) is 4.05. The molecule has 1 aromatic carbocycles. The van der Waals surface area contributed by atoms with E-state index in [-0.39, 0.29) is 17.5 Å². The van der Waals surface area contributed by atoms with E-state index in [0.717, 1.165) is 48.4 Å². The molecule has 6 nitrogen and oxygen atoms in total. The van der Waals surface area contributed by atoms with Gasteiger partial charge < -0.3 is 9.09 Å². The van der Waals surface area contributed by atoms with Crippen LogP contribution in [0.15, 0.2) is 34.9 Å². The molecule has 1 saturated heterocycles. The second-order valence-electron chi connectivity index (χ2n) is 8.15. The fraction of sp³-hybridized carbons (Fsp3) is 0.435. The third kappa shape index (κ3) is 4.36. The molecule has 0 aliphatic carbocycles. The monoisotopic (exact) mass is 410 g/mol. The number of nitrogens with zero attached hydrogens (tertiary/aromatic N) is 4. The molecule has 0 amide bonds. The molecule has 0 N–H and O–H groups in total. The van der Waals surface area contributed by atoms with Gasteiger partial charge in [-0.3, -0.25) is 9.69 Å². The van der Waals surface area contributed by atoms with E-state index in [1.807, 2.05) is 26.8 Å². The Hall–Kier alpha value is -2.80. The van der Waals surface area contributed by atoms with Crippen LogP contribution in [-0.2, 0) is 6.54 Å². The molecule has 3 aromatic rings. The van der Waals surface area contributed by atoms with Crippen LogP contribution in [-0.4, -0.2) is 45.0 Å². The maximum Gasteiger partial charge on any atom is 0.229 e. The fourth-order valence-electron chi connectivity index (χ4n) is 4.20. The molecule has 0 radical (unpaired) electrons. The fourth-order valence-corrected chi connectivity index (χ4v) is 4.20. The lowest BCUT2D eigenvalue weighted by Crippen LogP contribution is -2.37. The maximum atomic E-state index is 13.2. The van der Waals surface area contributed by atoms with Gasteiger partial charge >= 0.3 is 0 Å². The number of rotatable bonds is 6. The van der Waals surface area contributed by atoms with E-state index < -0.39 is 0 Å². The quantitative estimate of drug-likeness (QED) is 0.574. The molecule has 0 spiro atoms. The van der Waals surface area contributed by atoms with Crippen molar-refractivity contribution in [1.82, 2.24) is 19.6 Å². The Morgan fingerprint density at radius 3 is 2.50 bits per heavy atom. The summed E-state index contributed by atoms with van der Waals surface area (Å²) in [6, 6.07) is 8.47. The minimum atomic E-state index is -0.242. The molecule has 0 unspecified atom stereocenters. The van der Waals surface area contributed by atoms with Crippen LogP contribution in [0.5, 0.6) is 0 Å². The van der Waals surface area contributed by atoms with Gasteiger partial charge in [0, 0.05) is 29.4 Å². The molecule has 0 bridgehead atoms. The lowest BCUT2D eigenvalue weighted by Gasteiger charge is -2.29. The number of likely N-dealkylation sites (tertiary alicyclic amines) is 1. The first kappa shape index (κ1) is 20.5. The van der Waals surface area contributed by atoms with Crippen molar-refractivity contribution in [3.63, 3.8) is 0 Å². The van der Waals surface area contributed by atoms with E-state index in [0.29, 0.717) is 24.8 Å². The van der Waals surface area contributed by atoms with Crippen molar-refractivity contribution in [1.29, 1.82) is 0 Å². The summed E-state index contributed by atoms with van der Waals surface area (Å²) in [5.41, 5.74) is 3.77. The van der Waals surface area contributed by atoms with E-state index in [2.05, 4.69) is 19.6 Å². The molecule has 1 fully saturated rings. The number of aryl methyl sites for hydroxylation is 2. The van der Waals surface area contributed by atoms with Crippen LogP contribution < -0.4 is 0 Å². The second kappa shape index (κ2) is 8.52. The average molecular weight is 410 g/mol. The summed E-state index contributed by atoms with van der Waals surface area (Å²) in [6.45, 7) is 8.53. The summed E-state index contributed by atoms with van der Waals surface area (Å²) < 4.78 is 20.6. The van der Waals surface area contributed by atoms with Gasteiger partial charge in [0.05, 0.1) is 6.54 Å². The molecule has 0 atom stereocenters. The number of carbonyl (C=O) groups excluding carboxylic acids is 1. The first-order valence-electron chi connectivity index (χ1n) is 10.4. The van der Waals surface area contributed by atoms with Gasteiger partial charge in [-0.1, -0.05) is 17.3 Å². The van der Waals surface area contributed by atoms with E-state index in [9.17, 15) is 9.18 Å². The minimum Gasteiger partial charge on any atom is -0.344 e. The lowest BCUT2D eigenvalue weighted by atomic mass is 9.96. The highest BCUT2D eigenvalue weighted by Crippen LogP contribution is 2.27. The number of hydrogen-bond donors (Lipinski definition) is 0. The van der Waals surface area contributed by atoms with Gasteiger partial charge in [0.2, 0.25) is 5.89 Å². The van der Waals surface area contributed by atoms with Crippen molar-refractivity contribution in [3.8, 4) is 0 Å². The summed E-state index contributed by atoms with van der Waals surface area (Å²) in [5.74, 6) is 1.55. The molecular formula is C23H27FN4O2. The average Bonchev–Trinajstić information content (AvgIpc) is 3.28. The van der Waals surface area contributed by atoms with Gasteiger partial charge in [-0.2, -0.15) is 4.98 Å². The normalized spacial score (nSPS) is 15.6. The molecular weight excluding hydrogens is 383 g/mol. The number of Topliss-reactive ketones (excluding diaryl/α,β-unsaturated/α-hetero) is 1. The van der Waals surface area contributed by atoms with Crippen LogP contribution in [0.25, 0.3) is 0 Å². The van der Waals surface area contributed by atoms with Crippen LogP contribution in [0.3, 0.4) is 0 Å². The third-order valence-corrected chi connectivity index (χ3v) is 5.98. The Bertz CT molecular complexity index is 1030. The van der Waals surface area contributed by atoms with E-state index in [1.165, 1.54) is 12.1 Å². The zero-order valence-corrected chi connectivity index (χ0v) is 17.7. The Morgan fingerprint density at radius 1 is 1.17 bits per heavy atom. The molecule has 30 heavy (non-hydrogen) atoms. The molecule has 1 aliphatic heterocycles. The summed E-state index contributed by atoms with van der Waals surface area (Å²) in [6.07, 6.45) is 1.83. The number of carbonyl (C=O) groups is 1. The van der Waals surface area contributed by atoms with Gasteiger partial charge in [0.15, 0.2) is 11.6 Å². The van der Waals surface area contributed by atoms with Gasteiger partial charge in [-0.05, 0) is 70.5 Å². The molecule has 2 aromatic heterocycles. The summed E-state index contributed by atoms with van der Waals surface area (Å²) in [7, 11) is 0. The number of piperidine rings is 1. The first-order chi connectivity index (χ1) is 14.4. The van der Waals surface area contributed by atoms with E-state index in [4.69, 9.17) is 4.52 Å². The predicted molar refractivity (Wildman–Crippen MR) is 111 cm³/mol. The van der Waals surface area contributed by atoms with E-state index >= 15 is 0 Å². The zero-order chi connectivity index (χ0) is 21.3. The molecule has 0 saturated carbocycles. The number of aromatic nitrogens is 3. The summed E-state index contributed by atoms with van der Waals surface area (Å²) in [5, 5.41) is 3.88. The van der Waals surface area contributed by atoms with Crippen molar-refractivity contribution in [2.24, 2.45) is 0 Å². The molecule has 1 aliphatic rings. The van der Waals surface area contributed by atoms with Crippen LogP contribution in [0.2, 0.25) is 0 Å². The van der Waals surface area contributed by atoms with Gasteiger partial charge in [-0.15, -0.1) is 0 Å². The van der Waals surface area contributed by atoms with Crippen molar-refractivity contribution in [2.45, 2.75) is 46.1 Å². The molecule has 3 heterocycles. The second-order valence-corrected chi connectivity index (χ2v) is 8.15. The highest BCUT2D eigenvalue weighted by molar-refractivity contribution is 5.99. The largest absolute Gasteiger partial charge is 0.344 e. The molecule has 4 rings (SSSR count). The number of halogens is 1. The standard InChI is InChI=1S/C23H27FN4O2/c1-15-12-21(16(2)28(15)13-18-4-6-20(24)7-5-18)22(29)14-27-10-8-19(9-11-27)23-25-17(3)26-30-23/h4-7,12,19H,8-11,13-14H2,1-3H3. The number of benzene rings is 1. The van der Waals surface area contributed by atoms with Gasteiger partial charge in [0.25, 0.3) is 0 Å². The number of hydrogen-bond acceptors (Lipinski definition) is 5. The Kier molecular flexibility index (Phi) is 5.81. The number of ketones is 1. The highest BCUT2D eigenvalue weighted by atomic mass is 19.1. The van der Waals surface area contributed by atoms with Crippen molar-refractivity contribution < 1.29 is 13.7 Å². The highest BCUT2D eigenvalue weighted by Gasteiger charge is 2.27. The zero-order valence-electron chi connectivity index (χ0n) is 17.7. The van der Waals surface area contributed by atoms with Crippen molar-refractivity contribution in [2.75, 3.05) is 19.6 Å². The summed E-state index contributed by atoms with van der Waals surface area (Å²) in [4.78, 5) is 19.6. The van der Waals surface area contributed by atoms with Gasteiger partial charge in [-0.25, -0.2) is 4.39 Å². The Labute approximate surface area is 175 Å². The van der Waals surface area contributed by atoms with Crippen LogP contribution in [0.1, 0.15) is 57.8 Å². The van der Waals surface area contributed by atoms with Crippen LogP contribution in [0.4, 0.5) is 4.39 Å². The van der Waals surface area contributed by atoms with Gasteiger partial charge in [0.1, 0.15) is 5.82 Å². The third-order valence-electron chi connectivity index (χ3n) is 5.98.